The maximum absolute atomic E-state index is 12.3. The maximum atomic E-state index is 12.3. The summed E-state index contributed by atoms with van der Waals surface area (Å²) in [5.74, 6) is 0. The first kappa shape index (κ1) is 11.2. The van der Waals surface area contributed by atoms with Gasteiger partial charge in [-0.15, -0.1) is 0 Å². The molecule has 0 atom stereocenters. The first-order chi connectivity index (χ1) is 7.57. The summed E-state index contributed by atoms with van der Waals surface area (Å²) in [4.78, 5) is 3.42. The fraction of sp³-hybridized carbons (Fsp3) is 0.500. The summed E-state index contributed by atoms with van der Waals surface area (Å²) in [7, 11) is 0. The molecule has 0 radical (unpaired) electrons. The molecule has 0 spiro atoms. The maximum Gasteiger partial charge on any atom is 0.433 e. The fourth-order valence-corrected chi connectivity index (χ4v) is 1.62. The van der Waals surface area contributed by atoms with Gasteiger partial charge in [-0.25, -0.2) is 10.4 Å². The van der Waals surface area contributed by atoms with Gasteiger partial charge in [0.05, 0.1) is 11.9 Å². The van der Waals surface area contributed by atoms with Crippen molar-refractivity contribution in [2.24, 2.45) is 0 Å². The van der Waals surface area contributed by atoms with Gasteiger partial charge in [0.1, 0.15) is 5.69 Å². The number of alkyl halides is 3. The Bertz CT molecular complexity index is 341. The Labute approximate surface area is 91.2 Å². The molecule has 1 aromatic rings. The highest BCUT2D eigenvalue weighted by molar-refractivity contribution is 5.43. The van der Waals surface area contributed by atoms with Crippen LogP contribution < -0.4 is 10.4 Å². The van der Waals surface area contributed by atoms with Crippen molar-refractivity contribution < 1.29 is 13.2 Å². The summed E-state index contributed by atoms with van der Waals surface area (Å²) < 4.78 is 36.8. The van der Waals surface area contributed by atoms with Gasteiger partial charge in [-0.05, 0) is 25.0 Å². The fourth-order valence-electron chi connectivity index (χ4n) is 1.62. The van der Waals surface area contributed by atoms with Crippen molar-refractivity contribution in [2.75, 3.05) is 18.1 Å². The number of anilines is 1. The molecule has 1 aromatic heterocycles. The smallest absolute Gasteiger partial charge is 0.307 e. The van der Waals surface area contributed by atoms with Gasteiger partial charge in [0.2, 0.25) is 0 Å². The minimum Gasteiger partial charge on any atom is -0.307 e. The van der Waals surface area contributed by atoms with E-state index in [1.165, 1.54) is 12.3 Å². The van der Waals surface area contributed by atoms with Crippen LogP contribution in [0.25, 0.3) is 0 Å². The van der Waals surface area contributed by atoms with Gasteiger partial charge < -0.3 is 5.01 Å². The highest BCUT2D eigenvalue weighted by atomic mass is 19.4. The lowest BCUT2D eigenvalue weighted by molar-refractivity contribution is -0.141. The summed E-state index contributed by atoms with van der Waals surface area (Å²) in [6.07, 6.45) is -0.992. The Morgan fingerprint density at radius 3 is 2.56 bits per heavy atom. The van der Waals surface area contributed by atoms with Crippen LogP contribution in [0.4, 0.5) is 18.9 Å². The van der Waals surface area contributed by atoms with Crippen molar-refractivity contribution in [1.82, 2.24) is 10.4 Å². The largest absolute Gasteiger partial charge is 0.433 e. The van der Waals surface area contributed by atoms with Gasteiger partial charge in [-0.2, -0.15) is 13.2 Å². The molecule has 0 amide bonds. The third-order valence-corrected chi connectivity index (χ3v) is 2.46. The molecule has 2 heterocycles. The topological polar surface area (TPSA) is 28.2 Å². The third kappa shape index (κ3) is 2.44. The molecular formula is C10H12F3N3. The molecule has 2 rings (SSSR count). The van der Waals surface area contributed by atoms with Gasteiger partial charge in [-0.3, -0.25) is 0 Å². The quantitative estimate of drug-likeness (QED) is 0.803. The second-order valence-electron chi connectivity index (χ2n) is 3.67. The van der Waals surface area contributed by atoms with Crippen molar-refractivity contribution >= 4 is 5.69 Å². The predicted octanol–water partition coefficient (Wildman–Crippen LogP) is 2.21. The lowest BCUT2D eigenvalue weighted by atomic mass is 10.2. The van der Waals surface area contributed by atoms with Crippen molar-refractivity contribution in [3.05, 3.63) is 24.0 Å². The number of hydrogen-bond acceptors (Lipinski definition) is 3. The standard InChI is InChI=1S/C10H12F3N3/c11-10(12,13)9-4-3-8(7-14-9)16-6-2-1-5-15-16/h3-4,7,15H,1-2,5-6H2. The van der Waals surface area contributed by atoms with E-state index in [0.717, 1.165) is 32.0 Å². The molecule has 1 fully saturated rings. The van der Waals surface area contributed by atoms with E-state index in [0.29, 0.717) is 5.69 Å². The predicted molar refractivity (Wildman–Crippen MR) is 53.8 cm³/mol. The van der Waals surface area contributed by atoms with Crippen molar-refractivity contribution in [3.8, 4) is 0 Å². The van der Waals surface area contributed by atoms with Crippen molar-refractivity contribution in [3.63, 3.8) is 0 Å². The van der Waals surface area contributed by atoms with Crippen LogP contribution in [0.3, 0.4) is 0 Å². The van der Waals surface area contributed by atoms with Crippen LogP contribution in [0.2, 0.25) is 0 Å². The lowest BCUT2D eigenvalue weighted by Crippen LogP contribution is -2.43. The molecule has 0 aromatic carbocycles. The molecule has 0 bridgehead atoms. The third-order valence-electron chi connectivity index (χ3n) is 2.46. The second kappa shape index (κ2) is 4.29. The molecule has 1 aliphatic rings. The Balaban J connectivity index is 2.12. The van der Waals surface area contributed by atoms with E-state index < -0.39 is 11.9 Å². The number of nitrogens with one attached hydrogen (secondary N) is 1. The molecule has 0 unspecified atom stereocenters. The van der Waals surface area contributed by atoms with E-state index >= 15 is 0 Å². The molecule has 0 aliphatic carbocycles. The number of rotatable bonds is 1. The van der Waals surface area contributed by atoms with Gasteiger partial charge in [-0.1, -0.05) is 0 Å². The summed E-state index contributed by atoms with van der Waals surface area (Å²) in [6.45, 7) is 1.65. The molecule has 0 saturated carbocycles. The van der Waals surface area contributed by atoms with Crippen LogP contribution in [-0.4, -0.2) is 18.1 Å². The summed E-state index contributed by atoms with van der Waals surface area (Å²) in [6, 6.07) is 2.44. The monoisotopic (exact) mass is 231 g/mol. The Morgan fingerprint density at radius 1 is 1.25 bits per heavy atom. The van der Waals surface area contributed by atoms with E-state index in [1.807, 2.05) is 5.01 Å². The second-order valence-corrected chi connectivity index (χ2v) is 3.67. The summed E-state index contributed by atoms with van der Waals surface area (Å²) in [5, 5.41) is 1.83. The molecule has 16 heavy (non-hydrogen) atoms. The van der Waals surface area contributed by atoms with Gasteiger partial charge >= 0.3 is 6.18 Å². The van der Waals surface area contributed by atoms with Crippen LogP contribution in [0, 0.1) is 0 Å². The van der Waals surface area contributed by atoms with Crippen LogP contribution >= 0.6 is 0 Å². The van der Waals surface area contributed by atoms with Gasteiger partial charge in [0.25, 0.3) is 0 Å². The number of aromatic nitrogens is 1. The van der Waals surface area contributed by atoms with Crippen LogP contribution in [0.5, 0.6) is 0 Å². The molecule has 88 valence electrons. The summed E-state index contributed by atoms with van der Waals surface area (Å²) >= 11 is 0. The Morgan fingerprint density at radius 2 is 2.06 bits per heavy atom. The number of hydrogen-bond donors (Lipinski definition) is 1. The van der Waals surface area contributed by atoms with Crippen molar-refractivity contribution in [2.45, 2.75) is 19.0 Å². The SMILES string of the molecule is FC(F)(F)c1ccc(N2CCCCN2)cn1. The average Bonchev–Trinajstić information content (AvgIpc) is 2.29. The summed E-state index contributed by atoms with van der Waals surface area (Å²) in [5.41, 5.74) is 2.93. The Kier molecular flexibility index (Phi) is 3.00. The minimum atomic E-state index is -4.37. The normalized spacial score (nSPS) is 17.6. The molecular weight excluding hydrogens is 219 g/mol. The van der Waals surface area contributed by atoms with E-state index in [9.17, 15) is 13.2 Å². The van der Waals surface area contributed by atoms with E-state index in [1.54, 1.807) is 0 Å². The lowest BCUT2D eigenvalue weighted by Gasteiger charge is -2.29. The number of halogens is 3. The highest BCUT2D eigenvalue weighted by Gasteiger charge is 2.32. The van der Waals surface area contributed by atoms with E-state index in [4.69, 9.17) is 0 Å². The van der Waals surface area contributed by atoms with Crippen LogP contribution in [-0.2, 0) is 6.18 Å². The number of hydrazine groups is 1. The first-order valence-electron chi connectivity index (χ1n) is 5.12. The minimum absolute atomic E-state index is 0.674. The number of pyridine rings is 1. The average molecular weight is 231 g/mol. The molecule has 6 heteroatoms. The molecule has 1 N–H and O–H groups in total. The van der Waals surface area contributed by atoms with Gasteiger partial charge in [0.15, 0.2) is 0 Å². The van der Waals surface area contributed by atoms with E-state index in [2.05, 4.69) is 10.4 Å². The highest BCUT2D eigenvalue weighted by Crippen LogP contribution is 2.28. The van der Waals surface area contributed by atoms with Gasteiger partial charge in [0, 0.05) is 13.1 Å². The van der Waals surface area contributed by atoms with Crippen LogP contribution in [0.15, 0.2) is 18.3 Å². The molecule has 3 nitrogen and oxygen atoms in total. The zero-order valence-electron chi connectivity index (χ0n) is 8.59. The first-order valence-corrected chi connectivity index (χ1v) is 5.12. The zero-order valence-corrected chi connectivity index (χ0v) is 8.59. The number of nitrogens with zero attached hydrogens (tertiary/aromatic N) is 2. The molecule has 1 saturated heterocycles. The van der Waals surface area contributed by atoms with E-state index in [-0.39, 0.29) is 0 Å². The zero-order chi connectivity index (χ0) is 11.6. The van der Waals surface area contributed by atoms with Crippen molar-refractivity contribution in [1.29, 1.82) is 0 Å². The van der Waals surface area contributed by atoms with Crippen LogP contribution in [0.1, 0.15) is 18.5 Å². The Hall–Kier alpha value is -1.30. The molecule has 1 aliphatic heterocycles.